The fraction of sp³-hybridized carbons (Fsp3) is 0.222. The summed E-state index contributed by atoms with van der Waals surface area (Å²) in [5.74, 6) is -0.493. The van der Waals surface area contributed by atoms with E-state index in [2.05, 4.69) is 4.74 Å². The number of ether oxygens (including phenoxy) is 1. The molecule has 3 nitrogen and oxygen atoms in total. The molecule has 0 saturated heterocycles. The van der Waals surface area contributed by atoms with E-state index in [0.717, 1.165) is 6.07 Å². The van der Waals surface area contributed by atoms with Gasteiger partial charge in [-0.1, -0.05) is 6.07 Å². The van der Waals surface area contributed by atoms with Gasteiger partial charge in [0, 0.05) is 5.56 Å². The summed E-state index contributed by atoms with van der Waals surface area (Å²) in [7, 11) is 0. The van der Waals surface area contributed by atoms with Crippen LogP contribution < -0.4 is 0 Å². The third kappa shape index (κ3) is 2.51. The van der Waals surface area contributed by atoms with Crippen molar-refractivity contribution in [1.82, 2.24) is 0 Å². The van der Waals surface area contributed by atoms with Gasteiger partial charge in [0.15, 0.2) is 0 Å². The van der Waals surface area contributed by atoms with E-state index in [-0.39, 0.29) is 12.2 Å². The third-order valence-electron chi connectivity index (χ3n) is 1.53. The van der Waals surface area contributed by atoms with E-state index in [1.54, 1.807) is 0 Å². The Morgan fingerprint density at radius 2 is 2.31 bits per heavy atom. The molecule has 0 fully saturated rings. The van der Waals surface area contributed by atoms with E-state index in [4.69, 9.17) is 10.4 Å². The summed E-state index contributed by atoms with van der Waals surface area (Å²) in [4.78, 5) is 0. The van der Waals surface area contributed by atoms with Crippen molar-refractivity contribution < 1.29 is 14.2 Å². The molecule has 0 amide bonds. The van der Waals surface area contributed by atoms with E-state index in [1.165, 1.54) is 12.1 Å². The number of aliphatic hydroxyl groups is 1. The predicted octanol–water partition coefficient (Wildman–Crippen LogP) is 1.16. The largest absolute Gasteiger partial charge is 0.371 e. The molecule has 0 bridgehead atoms. The Kier molecular flexibility index (Phi) is 3.38. The number of hydrogen-bond acceptors (Lipinski definition) is 3. The highest BCUT2D eigenvalue weighted by Crippen LogP contribution is 2.10. The standard InChI is InChI=1S/C9H8FNO2/c10-9-3-7(4-11)1-2-8(9)5-13-6-12/h1-3,12H,5-6H2. The van der Waals surface area contributed by atoms with Crippen LogP contribution >= 0.6 is 0 Å². The van der Waals surface area contributed by atoms with Gasteiger partial charge in [-0.25, -0.2) is 4.39 Å². The van der Waals surface area contributed by atoms with Crippen LogP contribution in [0.25, 0.3) is 0 Å². The highest BCUT2D eigenvalue weighted by Gasteiger charge is 2.02. The summed E-state index contributed by atoms with van der Waals surface area (Å²) in [5, 5.41) is 16.8. The van der Waals surface area contributed by atoms with Crippen molar-refractivity contribution in [1.29, 1.82) is 5.26 Å². The van der Waals surface area contributed by atoms with Gasteiger partial charge in [-0.05, 0) is 12.1 Å². The van der Waals surface area contributed by atoms with Crippen LogP contribution in [0.2, 0.25) is 0 Å². The maximum atomic E-state index is 13.0. The predicted molar refractivity (Wildman–Crippen MR) is 43.0 cm³/mol. The second-order valence-electron chi connectivity index (χ2n) is 2.40. The topological polar surface area (TPSA) is 53.2 Å². The fourth-order valence-electron chi connectivity index (χ4n) is 0.890. The minimum absolute atomic E-state index is 0.00798. The average Bonchev–Trinajstić information content (AvgIpc) is 2.16. The van der Waals surface area contributed by atoms with Gasteiger partial charge in [0.1, 0.15) is 12.6 Å². The minimum Gasteiger partial charge on any atom is -0.371 e. The highest BCUT2D eigenvalue weighted by molar-refractivity contribution is 5.32. The Balaban J connectivity index is 2.81. The van der Waals surface area contributed by atoms with Crippen molar-refractivity contribution >= 4 is 0 Å². The van der Waals surface area contributed by atoms with Crippen LogP contribution in [0.5, 0.6) is 0 Å². The van der Waals surface area contributed by atoms with Crippen LogP contribution in [0.15, 0.2) is 18.2 Å². The average molecular weight is 181 g/mol. The lowest BCUT2D eigenvalue weighted by atomic mass is 10.1. The van der Waals surface area contributed by atoms with Gasteiger partial charge in [0.25, 0.3) is 0 Å². The summed E-state index contributed by atoms with van der Waals surface area (Å²) >= 11 is 0. The van der Waals surface area contributed by atoms with Gasteiger partial charge < -0.3 is 9.84 Å². The number of nitrogens with zero attached hydrogens (tertiary/aromatic N) is 1. The molecule has 0 atom stereocenters. The molecular weight excluding hydrogens is 173 g/mol. The molecule has 0 aliphatic carbocycles. The summed E-state index contributed by atoms with van der Waals surface area (Å²) in [6.07, 6.45) is 0. The van der Waals surface area contributed by atoms with E-state index < -0.39 is 12.6 Å². The Hall–Kier alpha value is -1.44. The van der Waals surface area contributed by atoms with E-state index in [0.29, 0.717) is 5.56 Å². The normalized spacial score (nSPS) is 9.62. The van der Waals surface area contributed by atoms with Gasteiger partial charge in [-0.3, -0.25) is 0 Å². The van der Waals surface area contributed by atoms with Crippen molar-refractivity contribution in [2.24, 2.45) is 0 Å². The van der Waals surface area contributed by atoms with Crippen molar-refractivity contribution in [2.45, 2.75) is 6.61 Å². The van der Waals surface area contributed by atoms with Gasteiger partial charge >= 0.3 is 0 Å². The number of aliphatic hydroxyl groups excluding tert-OH is 1. The van der Waals surface area contributed by atoms with Crippen LogP contribution in [0.1, 0.15) is 11.1 Å². The molecule has 0 aliphatic rings. The molecule has 4 heteroatoms. The lowest BCUT2D eigenvalue weighted by Gasteiger charge is -2.02. The Labute approximate surface area is 75.0 Å². The number of hydrogen-bond donors (Lipinski definition) is 1. The zero-order valence-corrected chi connectivity index (χ0v) is 6.83. The minimum atomic E-state index is -0.493. The molecule has 0 spiro atoms. The smallest absolute Gasteiger partial charge is 0.144 e. The molecule has 1 aromatic carbocycles. The molecule has 0 radical (unpaired) electrons. The Morgan fingerprint density at radius 3 is 2.85 bits per heavy atom. The molecule has 1 rings (SSSR count). The summed E-state index contributed by atoms with van der Waals surface area (Å²) in [6.45, 7) is -0.437. The third-order valence-corrected chi connectivity index (χ3v) is 1.53. The molecule has 0 aliphatic heterocycles. The van der Waals surface area contributed by atoms with Crippen molar-refractivity contribution in [3.8, 4) is 6.07 Å². The summed E-state index contributed by atoms with van der Waals surface area (Å²) < 4.78 is 17.7. The first kappa shape index (κ1) is 9.65. The quantitative estimate of drug-likeness (QED) is 0.712. The molecule has 0 aromatic heterocycles. The summed E-state index contributed by atoms with van der Waals surface area (Å²) in [6, 6.07) is 5.92. The zero-order valence-electron chi connectivity index (χ0n) is 6.83. The van der Waals surface area contributed by atoms with Crippen LogP contribution in [0.4, 0.5) is 4.39 Å². The molecule has 0 heterocycles. The molecular formula is C9H8FNO2. The molecule has 0 saturated carbocycles. The zero-order chi connectivity index (χ0) is 9.68. The van der Waals surface area contributed by atoms with Crippen molar-refractivity contribution in [3.05, 3.63) is 35.1 Å². The molecule has 1 N–H and O–H groups in total. The van der Waals surface area contributed by atoms with E-state index in [9.17, 15) is 4.39 Å². The van der Waals surface area contributed by atoms with Crippen molar-refractivity contribution in [3.63, 3.8) is 0 Å². The van der Waals surface area contributed by atoms with Gasteiger partial charge in [0.05, 0.1) is 18.2 Å². The van der Waals surface area contributed by atoms with Crippen LogP contribution in [-0.2, 0) is 11.3 Å². The van der Waals surface area contributed by atoms with Crippen LogP contribution in [-0.4, -0.2) is 11.9 Å². The summed E-state index contributed by atoms with van der Waals surface area (Å²) in [5.41, 5.74) is 0.596. The first-order valence-corrected chi connectivity index (χ1v) is 3.65. The molecule has 0 unspecified atom stereocenters. The van der Waals surface area contributed by atoms with Gasteiger partial charge in [-0.2, -0.15) is 5.26 Å². The second-order valence-corrected chi connectivity index (χ2v) is 2.40. The first-order valence-electron chi connectivity index (χ1n) is 3.65. The lowest BCUT2D eigenvalue weighted by Crippen LogP contribution is -1.97. The number of halogens is 1. The van der Waals surface area contributed by atoms with Crippen molar-refractivity contribution in [2.75, 3.05) is 6.79 Å². The fourth-order valence-corrected chi connectivity index (χ4v) is 0.890. The van der Waals surface area contributed by atoms with E-state index in [1.807, 2.05) is 6.07 Å². The van der Waals surface area contributed by atoms with Crippen LogP contribution in [0.3, 0.4) is 0 Å². The van der Waals surface area contributed by atoms with Crippen LogP contribution in [0, 0.1) is 17.1 Å². The second kappa shape index (κ2) is 4.55. The monoisotopic (exact) mass is 181 g/mol. The number of benzene rings is 1. The SMILES string of the molecule is N#Cc1ccc(COCO)c(F)c1. The lowest BCUT2D eigenvalue weighted by molar-refractivity contribution is -0.0122. The molecule has 1 aromatic rings. The number of rotatable bonds is 3. The maximum absolute atomic E-state index is 13.0. The van der Waals surface area contributed by atoms with E-state index >= 15 is 0 Å². The first-order chi connectivity index (χ1) is 6.27. The van der Waals surface area contributed by atoms with Gasteiger partial charge in [-0.15, -0.1) is 0 Å². The Morgan fingerprint density at radius 1 is 1.54 bits per heavy atom. The highest BCUT2D eigenvalue weighted by atomic mass is 19.1. The van der Waals surface area contributed by atoms with Gasteiger partial charge in [0.2, 0.25) is 0 Å². The maximum Gasteiger partial charge on any atom is 0.144 e. The molecule has 68 valence electrons. The molecule has 13 heavy (non-hydrogen) atoms. The Bertz CT molecular complexity index is 333. The number of nitriles is 1.